The van der Waals surface area contributed by atoms with Crippen LogP contribution >= 0.6 is 0 Å². The van der Waals surface area contributed by atoms with E-state index in [2.05, 4.69) is 18.2 Å². The normalized spacial score (nSPS) is 19.7. The van der Waals surface area contributed by atoms with E-state index in [0.717, 1.165) is 25.1 Å². The number of hydrogen-bond acceptors (Lipinski definition) is 2. The molecule has 0 radical (unpaired) electrons. The van der Waals surface area contributed by atoms with Gasteiger partial charge in [0.15, 0.2) is 0 Å². The molecular formula is C13H19NO. The molecule has 0 spiro atoms. The second kappa shape index (κ2) is 4.67. The van der Waals surface area contributed by atoms with Crippen LogP contribution in [0, 0.1) is 0 Å². The first kappa shape index (κ1) is 10.5. The zero-order valence-corrected chi connectivity index (χ0v) is 9.33. The average Bonchev–Trinajstić information content (AvgIpc) is 2.29. The summed E-state index contributed by atoms with van der Waals surface area (Å²) in [5.74, 6) is 1.70. The van der Waals surface area contributed by atoms with Crippen molar-refractivity contribution in [2.45, 2.75) is 31.6 Å². The number of fused-ring (bicyclic) bond motifs is 1. The van der Waals surface area contributed by atoms with E-state index >= 15 is 0 Å². The van der Waals surface area contributed by atoms with Crippen molar-refractivity contribution in [1.29, 1.82) is 0 Å². The third-order valence-electron chi connectivity index (χ3n) is 3.32. The van der Waals surface area contributed by atoms with Gasteiger partial charge in [-0.3, -0.25) is 0 Å². The molecule has 2 nitrogen and oxygen atoms in total. The molecular weight excluding hydrogens is 186 g/mol. The Morgan fingerprint density at radius 3 is 3.07 bits per heavy atom. The third-order valence-corrected chi connectivity index (χ3v) is 3.32. The summed E-state index contributed by atoms with van der Waals surface area (Å²) in [6.07, 6.45) is 4.79. The maximum atomic E-state index is 5.66. The molecule has 0 aromatic heterocycles. The molecule has 1 aliphatic carbocycles. The minimum atomic E-state index is 0.647. The Hall–Kier alpha value is -1.02. The Balaban J connectivity index is 2.35. The lowest BCUT2D eigenvalue weighted by Crippen LogP contribution is -2.14. The van der Waals surface area contributed by atoms with Gasteiger partial charge in [-0.05, 0) is 55.3 Å². The molecule has 2 N–H and O–H groups in total. The van der Waals surface area contributed by atoms with Crippen LogP contribution in [0.15, 0.2) is 18.2 Å². The summed E-state index contributed by atoms with van der Waals surface area (Å²) < 4.78 is 5.41. The number of ether oxygens (including phenoxy) is 1. The number of benzene rings is 1. The lowest BCUT2D eigenvalue weighted by molar-refractivity contribution is 0.401. The highest BCUT2D eigenvalue weighted by molar-refractivity contribution is 5.43. The van der Waals surface area contributed by atoms with Crippen LogP contribution in [0.1, 0.15) is 36.3 Å². The summed E-state index contributed by atoms with van der Waals surface area (Å²) in [6.45, 7) is 0.779. The molecule has 15 heavy (non-hydrogen) atoms. The van der Waals surface area contributed by atoms with Crippen LogP contribution < -0.4 is 10.5 Å². The largest absolute Gasteiger partial charge is 0.496 e. The van der Waals surface area contributed by atoms with Crippen molar-refractivity contribution in [3.05, 3.63) is 29.3 Å². The number of methoxy groups -OCH3 is 1. The van der Waals surface area contributed by atoms with E-state index in [1.165, 1.54) is 24.0 Å². The lowest BCUT2D eigenvalue weighted by Gasteiger charge is -2.26. The van der Waals surface area contributed by atoms with Crippen molar-refractivity contribution in [3.63, 3.8) is 0 Å². The molecule has 0 amide bonds. The first-order chi connectivity index (χ1) is 7.36. The van der Waals surface area contributed by atoms with E-state index in [4.69, 9.17) is 10.5 Å². The summed E-state index contributed by atoms with van der Waals surface area (Å²) in [7, 11) is 1.75. The second-order valence-electron chi connectivity index (χ2n) is 4.19. The number of hydrogen-bond donors (Lipinski definition) is 1. The van der Waals surface area contributed by atoms with Gasteiger partial charge in [-0.15, -0.1) is 0 Å². The Morgan fingerprint density at radius 1 is 1.47 bits per heavy atom. The highest BCUT2D eigenvalue weighted by atomic mass is 16.5. The predicted octanol–water partition coefficient (Wildman–Crippen LogP) is 2.46. The molecule has 1 aromatic carbocycles. The summed E-state index contributed by atoms with van der Waals surface area (Å²) in [5.41, 5.74) is 8.53. The van der Waals surface area contributed by atoms with Crippen molar-refractivity contribution in [2.75, 3.05) is 13.7 Å². The highest BCUT2D eigenvalue weighted by Crippen LogP contribution is 2.37. The van der Waals surface area contributed by atoms with Crippen LogP contribution in [0.3, 0.4) is 0 Å². The van der Waals surface area contributed by atoms with Gasteiger partial charge in [0.25, 0.3) is 0 Å². The quantitative estimate of drug-likeness (QED) is 0.822. The fourth-order valence-electron chi connectivity index (χ4n) is 2.61. The van der Waals surface area contributed by atoms with Crippen molar-refractivity contribution in [3.8, 4) is 5.75 Å². The van der Waals surface area contributed by atoms with E-state index in [-0.39, 0.29) is 0 Å². The fourth-order valence-corrected chi connectivity index (χ4v) is 2.61. The SMILES string of the molecule is COc1cccc2c1CCCC2CCN. The molecule has 0 heterocycles. The van der Waals surface area contributed by atoms with Gasteiger partial charge in [-0.2, -0.15) is 0 Å². The Kier molecular flexibility index (Phi) is 3.27. The molecule has 2 heteroatoms. The fraction of sp³-hybridized carbons (Fsp3) is 0.538. The molecule has 0 saturated heterocycles. The van der Waals surface area contributed by atoms with E-state index in [0.29, 0.717) is 5.92 Å². The van der Waals surface area contributed by atoms with Gasteiger partial charge < -0.3 is 10.5 Å². The summed E-state index contributed by atoms with van der Waals surface area (Å²) in [6, 6.07) is 6.38. The van der Waals surface area contributed by atoms with Crippen LogP contribution in [-0.4, -0.2) is 13.7 Å². The Labute approximate surface area is 91.4 Å². The summed E-state index contributed by atoms with van der Waals surface area (Å²) in [5, 5.41) is 0. The van der Waals surface area contributed by atoms with Gasteiger partial charge in [0.1, 0.15) is 5.75 Å². The molecule has 0 fully saturated rings. The number of rotatable bonds is 3. The van der Waals surface area contributed by atoms with Gasteiger partial charge in [0, 0.05) is 0 Å². The Morgan fingerprint density at radius 2 is 2.33 bits per heavy atom. The average molecular weight is 205 g/mol. The van der Waals surface area contributed by atoms with Crippen LogP contribution in [0.4, 0.5) is 0 Å². The van der Waals surface area contributed by atoms with Crippen molar-refractivity contribution in [2.24, 2.45) is 5.73 Å². The highest BCUT2D eigenvalue weighted by Gasteiger charge is 2.21. The van der Waals surface area contributed by atoms with Crippen molar-refractivity contribution >= 4 is 0 Å². The summed E-state index contributed by atoms with van der Waals surface area (Å²) >= 11 is 0. The topological polar surface area (TPSA) is 35.2 Å². The van der Waals surface area contributed by atoms with Crippen LogP contribution in [0.25, 0.3) is 0 Å². The molecule has 0 saturated carbocycles. The zero-order valence-electron chi connectivity index (χ0n) is 9.33. The summed E-state index contributed by atoms with van der Waals surface area (Å²) in [4.78, 5) is 0. The zero-order chi connectivity index (χ0) is 10.7. The lowest BCUT2D eigenvalue weighted by atomic mass is 9.81. The molecule has 1 aromatic rings. The Bertz CT molecular complexity index is 335. The van der Waals surface area contributed by atoms with Crippen LogP contribution in [0.5, 0.6) is 5.75 Å². The van der Waals surface area contributed by atoms with Gasteiger partial charge in [-0.1, -0.05) is 12.1 Å². The first-order valence-electron chi connectivity index (χ1n) is 5.72. The molecule has 0 aliphatic heterocycles. The monoisotopic (exact) mass is 205 g/mol. The van der Waals surface area contributed by atoms with Gasteiger partial charge in [0.2, 0.25) is 0 Å². The molecule has 1 atom stereocenters. The van der Waals surface area contributed by atoms with E-state index in [1.54, 1.807) is 7.11 Å². The van der Waals surface area contributed by atoms with Crippen LogP contribution in [0.2, 0.25) is 0 Å². The van der Waals surface area contributed by atoms with Crippen LogP contribution in [-0.2, 0) is 6.42 Å². The standard InChI is InChI=1S/C13H19NO/c1-15-13-7-3-5-11-10(8-9-14)4-2-6-12(11)13/h3,5,7,10H,2,4,6,8-9,14H2,1H3. The molecule has 82 valence electrons. The third kappa shape index (κ3) is 2.00. The molecule has 1 aliphatic rings. The second-order valence-corrected chi connectivity index (χ2v) is 4.19. The van der Waals surface area contributed by atoms with E-state index in [9.17, 15) is 0 Å². The molecule has 1 unspecified atom stereocenters. The van der Waals surface area contributed by atoms with E-state index in [1.807, 2.05) is 0 Å². The van der Waals surface area contributed by atoms with Crippen molar-refractivity contribution < 1.29 is 4.74 Å². The van der Waals surface area contributed by atoms with E-state index < -0.39 is 0 Å². The van der Waals surface area contributed by atoms with Gasteiger partial charge >= 0.3 is 0 Å². The maximum absolute atomic E-state index is 5.66. The maximum Gasteiger partial charge on any atom is 0.122 e. The minimum Gasteiger partial charge on any atom is -0.496 e. The smallest absolute Gasteiger partial charge is 0.122 e. The molecule has 2 rings (SSSR count). The minimum absolute atomic E-state index is 0.647. The predicted molar refractivity (Wildman–Crippen MR) is 62.3 cm³/mol. The van der Waals surface area contributed by atoms with Crippen molar-refractivity contribution in [1.82, 2.24) is 0 Å². The first-order valence-corrected chi connectivity index (χ1v) is 5.72. The van der Waals surface area contributed by atoms with Gasteiger partial charge in [-0.25, -0.2) is 0 Å². The van der Waals surface area contributed by atoms with Gasteiger partial charge in [0.05, 0.1) is 7.11 Å². The number of nitrogens with two attached hydrogens (primary N) is 1. The molecule has 0 bridgehead atoms.